The number of unbranched alkanes of at least 4 members (excludes halogenated alkanes) is 1. The predicted octanol–water partition coefficient (Wildman–Crippen LogP) is 4.04. The van der Waals surface area contributed by atoms with Crippen LogP contribution < -0.4 is 10.5 Å². The zero-order valence-electron chi connectivity index (χ0n) is 13.5. The number of para-hydroxylation sites is 2. The van der Waals surface area contributed by atoms with Crippen LogP contribution in [0.4, 0.5) is 5.69 Å². The summed E-state index contributed by atoms with van der Waals surface area (Å²) in [6.07, 6.45) is 3.02. The molecule has 0 aliphatic carbocycles. The van der Waals surface area contributed by atoms with Gasteiger partial charge in [-0.2, -0.15) is 0 Å². The van der Waals surface area contributed by atoms with Crippen LogP contribution >= 0.6 is 0 Å². The van der Waals surface area contributed by atoms with Crippen molar-refractivity contribution in [3.63, 3.8) is 0 Å². The third kappa shape index (κ3) is 3.65. The van der Waals surface area contributed by atoms with Gasteiger partial charge >= 0.3 is 0 Å². The highest BCUT2D eigenvalue weighted by Gasteiger charge is 2.08. The van der Waals surface area contributed by atoms with Gasteiger partial charge in [0.2, 0.25) is 0 Å². The van der Waals surface area contributed by atoms with Crippen LogP contribution in [0.3, 0.4) is 0 Å². The number of aryl methyl sites for hydroxylation is 2. The Labute approximate surface area is 136 Å². The van der Waals surface area contributed by atoms with E-state index in [9.17, 15) is 0 Å². The lowest BCUT2D eigenvalue weighted by atomic mass is 10.3. The quantitative estimate of drug-likeness (QED) is 0.529. The summed E-state index contributed by atoms with van der Waals surface area (Å²) in [5.41, 5.74) is 8.79. The minimum absolute atomic E-state index is 0.706. The third-order valence-corrected chi connectivity index (χ3v) is 3.95. The molecule has 0 bridgehead atoms. The number of hydrogen-bond acceptors (Lipinski definition) is 3. The van der Waals surface area contributed by atoms with E-state index in [1.54, 1.807) is 0 Å². The molecule has 1 aromatic heterocycles. The highest BCUT2D eigenvalue weighted by Crippen LogP contribution is 2.18. The van der Waals surface area contributed by atoms with E-state index in [-0.39, 0.29) is 0 Å². The molecule has 3 rings (SSSR count). The first-order chi connectivity index (χ1) is 11.3. The zero-order valence-corrected chi connectivity index (χ0v) is 13.5. The summed E-state index contributed by atoms with van der Waals surface area (Å²) in [4.78, 5) is 4.71. The third-order valence-electron chi connectivity index (χ3n) is 3.95. The normalized spacial score (nSPS) is 11.0. The molecule has 0 aliphatic heterocycles. The summed E-state index contributed by atoms with van der Waals surface area (Å²) in [5, 5.41) is 0. The smallest absolute Gasteiger partial charge is 0.121 e. The Kier molecular flexibility index (Phi) is 4.81. The van der Waals surface area contributed by atoms with Gasteiger partial charge in [0.15, 0.2) is 0 Å². The molecular weight excluding hydrogens is 286 g/mol. The van der Waals surface area contributed by atoms with Gasteiger partial charge in [-0.05, 0) is 37.1 Å². The van der Waals surface area contributed by atoms with E-state index in [2.05, 4.69) is 29.7 Å². The molecule has 0 aliphatic rings. The number of aromatic nitrogens is 2. The first-order valence-electron chi connectivity index (χ1n) is 8.20. The van der Waals surface area contributed by atoms with Crippen molar-refractivity contribution in [3.05, 3.63) is 54.4 Å². The lowest BCUT2D eigenvalue weighted by Crippen LogP contribution is -2.05. The summed E-state index contributed by atoms with van der Waals surface area (Å²) in [7, 11) is 0. The number of imidazole rings is 1. The maximum Gasteiger partial charge on any atom is 0.121 e. The van der Waals surface area contributed by atoms with Gasteiger partial charge in [-0.3, -0.25) is 0 Å². The van der Waals surface area contributed by atoms with Crippen molar-refractivity contribution >= 4 is 16.7 Å². The standard InChI is InChI=1S/C19H23N3O/c1-2-19-21-17-10-3-4-11-18(17)22(19)12-5-6-13-23-16-9-7-8-15(20)14-16/h3-4,7-11,14H,2,5-6,12-13,20H2,1H3. The molecule has 0 unspecified atom stereocenters. The van der Waals surface area contributed by atoms with Crippen LogP contribution in [-0.4, -0.2) is 16.2 Å². The Hall–Kier alpha value is -2.49. The highest BCUT2D eigenvalue weighted by atomic mass is 16.5. The van der Waals surface area contributed by atoms with Crippen molar-refractivity contribution in [3.8, 4) is 5.75 Å². The molecule has 4 nitrogen and oxygen atoms in total. The Bertz CT molecular complexity index is 779. The lowest BCUT2D eigenvalue weighted by Gasteiger charge is -2.09. The van der Waals surface area contributed by atoms with Gasteiger partial charge in [0, 0.05) is 24.7 Å². The summed E-state index contributed by atoms with van der Waals surface area (Å²) < 4.78 is 8.07. The fourth-order valence-corrected chi connectivity index (χ4v) is 2.81. The van der Waals surface area contributed by atoms with E-state index in [1.165, 1.54) is 5.52 Å². The second kappa shape index (κ2) is 7.18. The highest BCUT2D eigenvalue weighted by molar-refractivity contribution is 5.75. The van der Waals surface area contributed by atoms with Crippen molar-refractivity contribution < 1.29 is 4.74 Å². The number of nitrogens with zero attached hydrogens (tertiary/aromatic N) is 2. The van der Waals surface area contributed by atoms with E-state index in [0.717, 1.165) is 48.6 Å². The Morgan fingerprint density at radius 1 is 1.09 bits per heavy atom. The summed E-state index contributed by atoms with van der Waals surface area (Å²) in [5.74, 6) is 2.00. The van der Waals surface area contributed by atoms with E-state index < -0.39 is 0 Å². The monoisotopic (exact) mass is 309 g/mol. The Morgan fingerprint density at radius 3 is 2.78 bits per heavy atom. The van der Waals surface area contributed by atoms with Crippen molar-refractivity contribution in [2.45, 2.75) is 32.7 Å². The maximum absolute atomic E-state index is 5.75. The molecule has 1 heterocycles. The molecule has 120 valence electrons. The molecule has 4 heteroatoms. The molecule has 0 atom stereocenters. The van der Waals surface area contributed by atoms with Gasteiger partial charge in [0.25, 0.3) is 0 Å². The van der Waals surface area contributed by atoms with E-state index >= 15 is 0 Å². The minimum atomic E-state index is 0.706. The molecule has 0 saturated heterocycles. The van der Waals surface area contributed by atoms with Crippen LogP contribution in [0.5, 0.6) is 5.75 Å². The largest absolute Gasteiger partial charge is 0.494 e. The van der Waals surface area contributed by atoms with Gasteiger partial charge in [-0.15, -0.1) is 0 Å². The van der Waals surface area contributed by atoms with Crippen molar-refractivity contribution in [1.82, 2.24) is 9.55 Å². The Balaban J connectivity index is 1.55. The van der Waals surface area contributed by atoms with Crippen LogP contribution in [0.15, 0.2) is 48.5 Å². The molecule has 2 aromatic carbocycles. The van der Waals surface area contributed by atoms with E-state index in [1.807, 2.05) is 30.3 Å². The van der Waals surface area contributed by atoms with Crippen LogP contribution in [0.2, 0.25) is 0 Å². The minimum Gasteiger partial charge on any atom is -0.494 e. The average Bonchev–Trinajstić information content (AvgIpc) is 2.92. The molecule has 0 spiro atoms. The summed E-state index contributed by atoms with van der Waals surface area (Å²) >= 11 is 0. The number of ether oxygens (including phenoxy) is 1. The molecule has 0 saturated carbocycles. The number of rotatable bonds is 7. The fraction of sp³-hybridized carbons (Fsp3) is 0.316. The number of fused-ring (bicyclic) bond motifs is 1. The van der Waals surface area contributed by atoms with Gasteiger partial charge in [-0.1, -0.05) is 25.1 Å². The maximum atomic E-state index is 5.75. The predicted molar refractivity (Wildman–Crippen MR) is 94.7 cm³/mol. The number of hydrogen-bond donors (Lipinski definition) is 1. The van der Waals surface area contributed by atoms with Gasteiger partial charge in [-0.25, -0.2) is 4.98 Å². The van der Waals surface area contributed by atoms with E-state index in [4.69, 9.17) is 15.5 Å². The second-order valence-corrected chi connectivity index (χ2v) is 5.65. The zero-order chi connectivity index (χ0) is 16.1. The molecule has 23 heavy (non-hydrogen) atoms. The lowest BCUT2D eigenvalue weighted by molar-refractivity contribution is 0.303. The molecule has 2 N–H and O–H groups in total. The fourth-order valence-electron chi connectivity index (χ4n) is 2.81. The molecule has 0 amide bonds. The SMILES string of the molecule is CCc1nc2ccccc2n1CCCCOc1cccc(N)c1. The molecule has 3 aromatic rings. The van der Waals surface area contributed by atoms with Gasteiger partial charge in [0.1, 0.15) is 11.6 Å². The second-order valence-electron chi connectivity index (χ2n) is 5.65. The van der Waals surface area contributed by atoms with Crippen molar-refractivity contribution in [1.29, 1.82) is 0 Å². The van der Waals surface area contributed by atoms with Crippen molar-refractivity contribution in [2.24, 2.45) is 0 Å². The summed E-state index contributed by atoms with van der Waals surface area (Å²) in [6.45, 7) is 3.84. The first-order valence-corrected chi connectivity index (χ1v) is 8.20. The van der Waals surface area contributed by atoms with Crippen LogP contribution in [0, 0.1) is 0 Å². The first kappa shape index (κ1) is 15.4. The van der Waals surface area contributed by atoms with Crippen LogP contribution in [0.25, 0.3) is 11.0 Å². The number of nitrogen functional groups attached to an aromatic ring is 1. The molecule has 0 fully saturated rings. The molecular formula is C19H23N3O. The van der Waals surface area contributed by atoms with Crippen LogP contribution in [-0.2, 0) is 13.0 Å². The van der Waals surface area contributed by atoms with Crippen molar-refractivity contribution in [2.75, 3.05) is 12.3 Å². The number of benzene rings is 2. The Morgan fingerprint density at radius 2 is 1.96 bits per heavy atom. The average molecular weight is 309 g/mol. The van der Waals surface area contributed by atoms with E-state index in [0.29, 0.717) is 6.61 Å². The topological polar surface area (TPSA) is 53.1 Å². The summed E-state index contributed by atoms with van der Waals surface area (Å²) in [6, 6.07) is 15.9. The van der Waals surface area contributed by atoms with Gasteiger partial charge < -0.3 is 15.0 Å². The number of anilines is 1. The molecule has 0 radical (unpaired) electrons. The number of nitrogens with two attached hydrogens (primary N) is 1. The van der Waals surface area contributed by atoms with Crippen LogP contribution in [0.1, 0.15) is 25.6 Å². The van der Waals surface area contributed by atoms with Gasteiger partial charge in [0.05, 0.1) is 17.6 Å².